The molecule has 72 heavy (non-hydrogen) atoms. The predicted octanol–water partition coefficient (Wildman–Crippen LogP) is 6.48. The molecule has 4 aliphatic carbocycles. The van der Waals surface area contributed by atoms with Gasteiger partial charge in [-0.3, -0.25) is 29.3 Å². The smallest absolute Gasteiger partial charge is 0.411 e. The van der Waals surface area contributed by atoms with Gasteiger partial charge in [0.15, 0.2) is 17.7 Å². The molecular weight excluding hydrogens is 935 g/mol. The number of hydrogen-bond donors (Lipinski definition) is 2. The number of hydrogen-bond acceptors (Lipinski definition) is 17. The number of ether oxygens (including phenoxy) is 10. The molecule has 18 heteroatoms. The number of benzene rings is 2. The van der Waals surface area contributed by atoms with Gasteiger partial charge in [0.2, 0.25) is 18.2 Å². The van der Waals surface area contributed by atoms with Crippen molar-refractivity contribution >= 4 is 41.3 Å². The number of rotatable bonds is 17. The van der Waals surface area contributed by atoms with Crippen molar-refractivity contribution in [2.75, 3.05) is 25.1 Å². The molecule has 13 atom stereocenters. The third kappa shape index (κ3) is 10.5. The van der Waals surface area contributed by atoms with Crippen LogP contribution in [0, 0.1) is 40.9 Å². The first-order chi connectivity index (χ1) is 34.4. The molecule has 0 spiro atoms. The molecule has 2 heterocycles. The fourth-order valence-corrected chi connectivity index (χ4v) is 12.3. The zero-order chi connectivity index (χ0) is 51.5. The molecule has 2 aromatic rings. The fourth-order valence-electron chi connectivity index (χ4n) is 12.3. The molecule has 18 nitrogen and oxygen atoms in total. The van der Waals surface area contributed by atoms with Crippen LogP contribution in [-0.4, -0.2) is 109 Å². The average Bonchev–Trinajstić information content (AvgIpc) is 3.81. The van der Waals surface area contributed by atoms with Crippen LogP contribution in [0.4, 0.5) is 10.5 Å². The summed E-state index contributed by atoms with van der Waals surface area (Å²) in [5, 5.41) is 14.7. The molecule has 386 valence electrons. The number of allylic oxidation sites excluding steroid dienone is 4. The van der Waals surface area contributed by atoms with Gasteiger partial charge in [0.05, 0.1) is 18.3 Å². The lowest BCUT2D eigenvalue weighted by atomic mass is 9.46. The number of terminal acetylenes is 1. The summed E-state index contributed by atoms with van der Waals surface area (Å²) in [4.78, 5) is 75.8. The molecule has 6 aliphatic rings. The highest BCUT2D eigenvalue weighted by Crippen LogP contribution is 2.69. The summed E-state index contributed by atoms with van der Waals surface area (Å²) in [6.45, 7) is 8.95. The predicted molar refractivity (Wildman–Crippen MR) is 254 cm³/mol. The number of nitrogens with one attached hydrogen (secondary N) is 1. The van der Waals surface area contributed by atoms with E-state index in [1.54, 1.807) is 42.5 Å². The summed E-state index contributed by atoms with van der Waals surface area (Å²) >= 11 is 0. The van der Waals surface area contributed by atoms with Gasteiger partial charge in [0, 0.05) is 61.3 Å². The number of amides is 1. The number of ketones is 2. The number of esters is 3. The molecule has 1 amide bonds. The highest BCUT2D eigenvalue weighted by atomic mass is 16.7. The second-order valence-corrected chi connectivity index (χ2v) is 19.8. The topological polar surface area (TPSA) is 227 Å². The van der Waals surface area contributed by atoms with Gasteiger partial charge in [-0.15, -0.1) is 6.42 Å². The highest BCUT2D eigenvalue weighted by Gasteiger charge is 2.76. The van der Waals surface area contributed by atoms with E-state index in [1.165, 1.54) is 32.9 Å². The van der Waals surface area contributed by atoms with Crippen LogP contribution in [0.3, 0.4) is 0 Å². The molecule has 1 unspecified atom stereocenters. The van der Waals surface area contributed by atoms with Gasteiger partial charge in [-0.25, -0.2) is 4.79 Å². The van der Waals surface area contributed by atoms with Gasteiger partial charge >= 0.3 is 24.0 Å². The van der Waals surface area contributed by atoms with E-state index in [9.17, 15) is 33.9 Å². The van der Waals surface area contributed by atoms with Crippen LogP contribution < -0.4 is 19.5 Å². The Bertz CT molecular complexity index is 2510. The van der Waals surface area contributed by atoms with Crippen molar-refractivity contribution in [2.24, 2.45) is 28.6 Å². The summed E-state index contributed by atoms with van der Waals surface area (Å²) in [5.41, 5.74) is -0.704. The normalized spacial score (nSPS) is 33.0. The van der Waals surface area contributed by atoms with Gasteiger partial charge < -0.3 is 52.5 Å². The zero-order valence-electron chi connectivity index (χ0n) is 41.4. The quantitative estimate of drug-likeness (QED) is 0.0981. The summed E-state index contributed by atoms with van der Waals surface area (Å²) in [6, 6.07) is 11.0. The Kier molecular flexibility index (Phi) is 15.5. The summed E-state index contributed by atoms with van der Waals surface area (Å²) in [7, 11) is 0. The van der Waals surface area contributed by atoms with Crippen LogP contribution >= 0.6 is 0 Å². The maximum atomic E-state index is 14.7. The summed E-state index contributed by atoms with van der Waals surface area (Å²) in [6.07, 6.45) is 7.82. The molecule has 2 aliphatic heterocycles. The van der Waals surface area contributed by atoms with E-state index in [2.05, 4.69) is 25.1 Å². The van der Waals surface area contributed by atoms with Crippen molar-refractivity contribution in [1.29, 1.82) is 0 Å². The Morgan fingerprint density at radius 2 is 1.68 bits per heavy atom. The number of carbonyl (C=O) groups excluding carboxylic acids is 6. The van der Waals surface area contributed by atoms with Crippen molar-refractivity contribution in [3.05, 3.63) is 71.8 Å². The Balaban J connectivity index is 0.898. The van der Waals surface area contributed by atoms with Crippen molar-refractivity contribution in [1.82, 2.24) is 0 Å². The Morgan fingerprint density at radius 3 is 2.39 bits per heavy atom. The molecule has 2 saturated heterocycles. The molecule has 5 fully saturated rings. The monoisotopic (exact) mass is 997 g/mol. The third-order valence-corrected chi connectivity index (χ3v) is 15.2. The average molecular weight is 998 g/mol. The zero-order valence-corrected chi connectivity index (χ0v) is 41.4. The van der Waals surface area contributed by atoms with Crippen molar-refractivity contribution in [3.63, 3.8) is 0 Å². The van der Waals surface area contributed by atoms with E-state index in [1.807, 2.05) is 13.0 Å². The molecule has 3 saturated carbocycles. The van der Waals surface area contributed by atoms with E-state index < -0.39 is 83.5 Å². The molecule has 0 bridgehead atoms. The van der Waals surface area contributed by atoms with E-state index >= 15 is 0 Å². The lowest BCUT2D eigenvalue weighted by molar-refractivity contribution is -0.254. The Morgan fingerprint density at radius 1 is 0.931 bits per heavy atom. The Labute approximate surface area is 418 Å². The molecule has 2 aromatic carbocycles. The number of aliphatic hydroxyl groups is 1. The van der Waals surface area contributed by atoms with Gasteiger partial charge in [-0.2, -0.15) is 0 Å². The number of aliphatic hydroxyl groups excluding tert-OH is 1. The van der Waals surface area contributed by atoms with Crippen LogP contribution in [0.5, 0.6) is 17.2 Å². The Hall–Kier alpha value is -6.26. The second-order valence-electron chi connectivity index (χ2n) is 19.8. The van der Waals surface area contributed by atoms with Gasteiger partial charge in [0.1, 0.15) is 49.8 Å². The van der Waals surface area contributed by atoms with E-state index in [-0.39, 0.29) is 73.7 Å². The fraction of sp³-hybridized carbons (Fsp3) is 0.556. The SMILES string of the molecule is C#CCOc1cc(O[C@@H]2O[C@H](COC(C)=O)C[C@H](OC(C)=O)[C@H]2OC(C)=O)ccc1COC(=O)Nc1ccc(OCC(=O)[C@@]23OC(CCC)O[C@@H]2C[C@H]2[C@@H]4CCC5=CC(=O)C=C[C@]5(C)[C@H]4[C@@H](O)C[C@@]23C)cc1. The molecule has 2 N–H and O–H groups in total. The molecule has 0 aromatic heterocycles. The van der Waals surface area contributed by atoms with Crippen molar-refractivity contribution < 1.29 is 81.2 Å². The van der Waals surface area contributed by atoms with Crippen LogP contribution in [-0.2, 0) is 63.7 Å². The van der Waals surface area contributed by atoms with Crippen LogP contribution in [0.25, 0.3) is 0 Å². The lowest BCUT2D eigenvalue weighted by Crippen LogP contribution is -2.63. The first kappa shape index (κ1) is 52.1. The van der Waals surface area contributed by atoms with E-state index in [4.69, 9.17) is 53.8 Å². The van der Waals surface area contributed by atoms with E-state index in [0.29, 0.717) is 36.3 Å². The lowest BCUT2D eigenvalue weighted by Gasteiger charge is -2.59. The number of carbonyl (C=O) groups is 6. The largest absolute Gasteiger partial charge is 0.486 e. The van der Waals surface area contributed by atoms with Crippen LogP contribution in [0.15, 0.2) is 66.3 Å². The van der Waals surface area contributed by atoms with Gasteiger partial charge in [-0.1, -0.05) is 44.8 Å². The minimum atomic E-state index is -1.34. The van der Waals surface area contributed by atoms with Crippen molar-refractivity contribution in [2.45, 2.75) is 142 Å². The second kappa shape index (κ2) is 21.4. The highest BCUT2D eigenvalue weighted by molar-refractivity contribution is 6.01. The summed E-state index contributed by atoms with van der Waals surface area (Å²) in [5.74, 6) is 0.956. The maximum absolute atomic E-state index is 14.7. The first-order valence-electron chi connectivity index (χ1n) is 24.5. The standard InChI is InChI=1S/C54H63NO17/c1-8-10-47-71-46-25-41-40-18-12-34-22-36(59)19-20-52(34,6)48(40)42(60)26-53(41,7)54(46,72-47)45(61)29-65-37-16-13-35(14-17-37)55-51(62)66-27-33-11-15-38(23-43(33)63-21-9-2)69-50-49(68-32(5)58)44(67-31(4)57)24-39(70-50)28-64-30(3)56/h2,11,13-17,19-20,22-23,39-42,44,46-50,60H,8,10,12,18,21,24-29H2,1,3-7H3,(H,55,62)/t39-,40-,41-,42-,44-,46+,47?,48+,49+,50+,52-,53-,54+/m0/s1. The number of Topliss-reactive ketones (excluding diaryl/α,β-unsaturated/α-hetero) is 1. The molecule has 0 radical (unpaired) electrons. The number of fused-ring (bicyclic) bond motifs is 7. The third-order valence-electron chi connectivity index (χ3n) is 15.2. The van der Waals surface area contributed by atoms with Crippen LogP contribution in [0.2, 0.25) is 0 Å². The maximum Gasteiger partial charge on any atom is 0.411 e. The van der Waals surface area contributed by atoms with Crippen molar-refractivity contribution in [3.8, 4) is 29.6 Å². The minimum absolute atomic E-state index is 0.0244. The van der Waals surface area contributed by atoms with E-state index in [0.717, 1.165) is 24.8 Å². The van der Waals surface area contributed by atoms with Crippen LogP contribution in [0.1, 0.15) is 92.1 Å². The number of anilines is 1. The summed E-state index contributed by atoms with van der Waals surface area (Å²) < 4.78 is 59.0. The van der Waals surface area contributed by atoms with Gasteiger partial charge in [0.25, 0.3) is 0 Å². The minimum Gasteiger partial charge on any atom is -0.486 e. The van der Waals surface area contributed by atoms with Gasteiger partial charge in [-0.05, 0) is 92.5 Å². The first-order valence-corrected chi connectivity index (χ1v) is 24.5. The molecular formula is C54H63NO17. The molecule has 8 rings (SSSR count).